The highest BCUT2D eigenvalue weighted by Crippen LogP contribution is 2.17. The average molecular weight is 1190 g/mol. The molecule has 4 amide bonds. The van der Waals surface area contributed by atoms with Crippen LogP contribution in [0.5, 0.6) is 23.0 Å². The zero-order valence-electron chi connectivity index (χ0n) is 51.8. The van der Waals surface area contributed by atoms with Crippen molar-refractivity contribution in [3.63, 3.8) is 0 Å². The Morgan fingerprint density at radius 1 is 0.261 bits per heavy atom. The van der Waals surface area contributed by atoms with Crippen molar-refractivity contribution < 1.29 is 39.6 Å². The number of nitrogens with one attached hydrogen (secondary N) is 4. The van der Waals surface area contributed by atoms with Gasteiger partial charge in [0.25, 0.3) is 0 Å². The highest BCUT2D eigenvalue weighted by atomic mass is 16.3. The summed E-state index contributed by atoms with van der Waals surface area (Å²) in [7, 11) is 0. The quantitative estimate of drug-likeness (QED) is 0.0237. The molecule has 8 N–H and O–H groups in total. The first-order valence-electron chi connectivity index (χ1n) is 31.1. The van der Waals surface area contributed by atoms with Crippen LogP contribution in [0.3, 0.4) is 0 Å². The Hall–Kier alpha value is -9.16. The molecule has 0 aliphatic carbocycles. The van der Waals surface area contributed by atoms with Crippen LogP contribution in [0.1, 0.15) is 124 Å². The number of aryl methyl sites for hydroxylation is 4. The molecule has 0 fully saturated rings. The summed E-state index contributed by atoms with van der Waals surface area (Å²) in [4.78, 5) is 48.3. The van der Waals surface area contributed by atoms with Gasteiger partial charge in [0.15, 0.2) is 0 Å². The molecule has 0 saturated carbocycles. The van der Waals surface area contributed by atoms with Gasteiger partial charge in [-0.2, -0.15) is 0 Å². The van der Waals surface area contributed by atoms with Crippen molar-refractivity contribution >= 4 is 23.6 Å². The van der Waals surface area contributed by atoms with Crippen LogP contribution < -0.4 is 21.3 Å². The molecule has 8 aromatic carbocycles. The number of carbonyl (C=O) groups is 4. The first kappa shape index (κ1) is 69.6. The molecule has 0 saturated heterocycles. The van der Waals surface area contributed by atoms with Gasteiger partial charge in [0, 0.05) is 49.9 Å². The van der Waals surface area contributed by atoms with Crippen molar-refractivity contribution in [1.29, 1.82) is 0 Å². The molecule has 88 heavy (non-hydrogen) atoms. The van der Waals surface area contributed by atoms with Crippen molar-refractivity contribution in [1.82, 2.24) is 21.3 Å². The SMILES string of the molecule is CCC(Cc1ccc(O)cc1)NC(=O)CCc1ccc(O)cc1.CCC(Cc1ccc(O)cc1)NC(=O)CCc1ccccc1.CCC(Cc1ccccc1)NC(=O)CCc1ccc(O)cc1.CCC(Cc1ccccc1)NC(=O)CCc1ccccc1. The lowest BCUT2D eigenvalue weighted by Crippen LogP contribution is -2.36. The summed E-state index contributed by atoms with van der Waals surface area (Å²) in [5, 5.41) is 49.5. The van der Waals surface area contributed by atoms with Crippen molar-refractivity contribution in [2.45, 2.75) is 155 Å². The summed E-state index contributed by atoms with van der Waals surface area (Å²) >= 11 is 0. The summed E-state index contributed by atoms with van der Waals surface area (Å²) < 4.78 is 0. The third kappa shape index (κ3) is 29.3. The summed E-state index contributed by atoms with van der Waals surface area (Å²) in [6, 6.07) is 69.5. The van der Waals surface area contributed by atoms with E-state index in [4.69, 9.17) is 0 Å². The Morgan fingerprint density at radius 2 is 0.432 bits per heavy atom. The van der Waals surface area contributed by atoms with Gasteiger partial charge < -0.3 is 41.7 Å². The number of benzene rings is 8. The summed E-state index contributed by atoms with van der Waals surface area (Å²) in [5.41, 5.74) is 9.21. The van der Waals surface area contributed by atoms with Crippen LogP contribution in [-0.4, -0.2) is 68.2 Å². The summed E-state index contributed by atoms with van der Waals surface area (Å²) in [6.07, 6.45) is 11.8. The Balaban J connectivity index is 0.000000214. The monoisotopic (exact) mass is 1190 g/mol. The van der Waals surface area contributed by atoms with Crippen LogP contribution in [0.2, 0.25) is 0 Å². The van der Waals surface area contributed by atoms with Gasteiger partial charge in [0.1, 0.15) is 23.0 Å². The minimum Gasteiger partial charge on any atom is -0.508 e. The molecule has 4 unspecified atom stereocenters. The maximum absolute atomic E-state index is 12.1. The van der Waals surface area contributed by atoms with Crippen molar-refractivity contribution in [2.24, 2.45) is 0 Å². The maximum atomic E-state index is 12.1. The fourth-order valence-corrected chi connectivity index (χ4v) is 9.67. The van der Waals surface area contributed by atoms with E-state index in [1.54, 1.807) is 48.5 Å². The number of hydrogen-bond acceptors (Lipinski definition) is 8. The maximum Gasteiger partial charge on any atom is 0.220 e. The Kier molecular flexibility index (Phi) is 31.8. The third-order valence-corrected chi connectivity index (χ3v) is 15.0. The highest BCUT2D eigenvalue weighted by Gasteiger charge is 2.15. The standard InChI is InChI=1S/C19H23NO3.2C19H23NO2.C19H23NO/c1-2-16(13-15-5-10-18(22)11-6-15)20-19(23)12-7-14-3-8-17(21)9-4-14;1-2-17(14-16-6-4-3-5-7-16)20-19(22)13-10-15-8-11-18(21)12-9-15;1-2-17(14-16-8-11-18(21)12-9-16)20-19(22)13-10-15-6-4-3-5-7-15;1-2-18(15-17-11-7-4-8-12-17)20-19(21)14-13-16-9-5-3-6-10-16/h3-6,8-11,16,21-22H,2,7,12-13H2,1H3,(H,20,23);2*3-9,11-12,17,21H,2,10,13-14H2,1H3,(H,20,22);3-12,18H,2,13-15H2,1H3,(H,20,21). The number of hydrogen-bond donors (Lipinski definition) is 8. The molecule has 0 spiro atoms. The van der Waals surface area contributed by atoms with E-state index in [1.807, 2.05) is 140 Å². The van der Waals surface area contributed by atoms with E-state index in [2.05, 4.69) is 78.4 Å². The van der Waals surface area contributed by atoms with E-state index in [0.717, 1.165) is 86.5 Å². The topological polar surface area (TPSA) is 197 Å². The Morgan fingerprint density at radius 3 is 0.636 bits per heavy atom. The van der Waals surface area contributed by atoms with Gasteiger partial charge in [-0.3, -0.25) is 19.2 Å². The molecule has 0 radical (unpaired) electrons. The molecule has 12 heteroatoms. The largest absolute Gasteiger partial charge is 0.508 e. The Labute approximate surface area is 522 Å². The number of rotatable bonds is 28. The second kappa shape index (κ2) is 40.3. The van der Waals surface area contributed by atoms with Crippen LogP contribution in [0.15, 0.2) is 218 Å². The van der Waals surface area contributed by atoms with Gasteiger partial charge in [0.2, 0.25) is 23.6 Å². The van der Waals surface area contributed by atoms with E-state index in [-0.39, 0.29) is 70.8 Å². The fourth-order valence-electron chi connectivity index (χ4n) is 9.67. The summed E-state index contributed by atoms with van der Waals surface area (Å²) in [6.45, 7) is 8.33. The van der Waals surface area contributed by atoms with Gasteiger partial charge in [-0.25, -0.2) is 0 Å². The normalized spacial score (nSPS) is 11.9. The molecule has 0 heterocycles. The predicted octanol–water partition coefficient (Wildman–Crippen LogP) is 13.8. The smallest absolute Gasteiger partial charge is 0.220 e. The van der Waals surface area contributed by atoms with Crippen molar-refractivity contribution in [3.05, 3.63) is 263 Å². The van der Waals surface area contributed by atoms with E-state index in [0.29, 0.717) is 38.5 Å². The van der Waals surface area contributed by atoms with Crippen LogP contribution in [0.25, 0.3) is 0 Å². The van der Waals surface area contributed by atoms with E-state index < -0.39 is 0 Å². The van der Waals surface area contributed by atoms with Gasteiger partial charge >= 0.3 is 0 Å². The van der Waals surface area contributed by atoms with Gasteiger partial charge in [-0.1, -0.05) is 198 Å². The van der Waals surface area contributed by atoms with E-state index >= 15 is 0 Å². The van der Waals surface area contributed by atoms with E-state index in [1.165, 1.54) is 22.3 Å². The third-order valence-electron chi connectivity index (χ3n) is 15.0. The molecule has 0 aliphatic heterocycles. The second-order valence-electron chi connectivity index (χ2n) is 22.1. The van der Waals surface area contributed by atoms with Crippen molar-refractivity contribution in [3.8, 4) is 23.0 Å². The fraction of sp³-hybridized carbons (Fsp3) is 0.316. The lowest BCUT2D eigenvalue weighted by molar-refractivity contribution is -0.122. The molecular formula is C76H92N4O8. The molecule has 8 aromatic rings. The van der Waals surface area contributed by atoms with E-state index in [9.17, 15) is 39.6 Å². The average Bonchev–Trinajstić information content (AvgIpc) is 3.69. The lowest BCUT2D eigenvalue weighted by Gasteiger charge is -2.17. The molecule has 12 nitrogen and oxygen atoms in total. The van der Waals surface area contributed by atoms with Crippen LogP contribution in [-0.2, 0) is 70.5 Å². The number of aromatic hydroxyl groups is 4. The molecule has 0 bridgehead atoms. The minimum atomic E-state index is 0.0312. The molecule has 0 aliphatic rings. The minimum absolute atomic E-state index is 0.0312. The van der Waals surface area contributed by atoms with Gasteiger partial charge in [-0.05, 0) is 170 Å². The number of amides is 4. The predicted molar refractivity (Wildman–Crippen MR) is 355 cm³/mol. The van der Waals surface area contributed by atoms with Gasteiger partial charge in [0.05, 0.1) is 0 Å². The summed E-state index contributed by atoms with van der Waals surface area (Å²) in [5.74, 6) is 1.35. The zero-order chi connectivity index (χ0) is 63.1. The number of carbonyl (C=O) groups excluding carboxylic acids is 4. The second-order valence-corrected chi connectivity index (χ2v) is 22.1. The Bertz CT molecular complexity index is 3180. The molecule has 464 valence electrons. The molecule has 4 atom stereocenters. The first-order valence-corrected chi connectivity index (χ1v) is 31.1. The van der Waals surface area contributed by atoms with Crippen LogP contribution >= 0.6 is 0 Å². The van der Waals surface area contributed by atoms with Crippen LogP contribution in [0.4, 0.5) is 0 Å². The molecule has 8 rings (SSSR count). The zero-order valence-corrected chi connectivity index (χ0v) is 51.8. The van der Waals surface area contributed by atoms with Crippen LogP contribution in [0, 0.1) is 0 Å². The number of phenols is 4. The molecule has 0 aromatic heterocycles. The van der Waals surface area contributed by atoms with Gasteiger partial charge in [-0.15, -0.1) is 0 Å². The molecular weight excluding hydrogens is 1100 g/mol. The first-order chi connectivity index (χ1) is 42.7. The lowest BCUT2D eigenvalue weighted by atomic mass is 10.0. The highest BCUT2D eigenvalue weighted by molar-refractivity contribution is 5.78. The van der Waals surface area contributed by atoms with Crippen molar-refractivity contribution in [2.75, 3.05) is 0 Å². The number of phenolic OH excluding ortho intramolecular Hbond substituents is 4.